The summed E-state index contributed by atoms with van der Waals surface area (Å²) in [5.41, 5.74) is 1.72. The van der Waals surface area contributed by atoms with Gasteiger partial charge >= 0.3 is 0 Å². The van der Waals surface area contributed by atoms with Crippen LogP contribution in [0, 0.1) is 5.82 Å². The molecule has 2 rings (SSSR count). The molecule has 0 nitrogen and oxygen atoms in total. The molecule has 0 aliphatic heterocycles. The lowest BCUT2D eigenvalue weighted by atomic mass is 10.1. The zero-order valence-electron chi connectivity index (χ0n) is 7.68. The van der Waals surface area contributed by atoms with Crippen molar-refractivity contribution in [3.8, 4) is 11.1 Å². The highest BCUT2D eigenvalue weighted by Gasteiger charge is 2.04. The summed E-state index contributed by atoms with van der Waals surface area (Å²) in [5, 5.41) is 1.06. The van der Waals surface area contributed by atoms with Gasteiger partial charge in [0, 0.05) is 10.6 Å². The average molecular weight is 241 g/mol. The molecule has 0 unspecified atom stereocenters. The van der Waals surface area contributed by atoms with E-state index in [2.05, 4.69) is 0 Å². The lowest BCUT2D eigenvalue weighted by Crippen LogP contribution is -1.81. The fraction of sp³-hybridized carbons (Fsp3) is 0. The molecule has 2 aromatic rings. The summed E-state index contributed by atoms with van der Waals surface area (Å²) >= 11 is 11.7. The molecule has 0 aromatic heterocycles. The van der Waals surface area contributed by atoms with Crippen molar-refractivity contribution in [3.05, 3.63) is 58.3 Å². The summed E-state index contributed by atoms with van der Waals surface area (Å²) in [6.07, 6.45) is 0. The summed E-state index contributed by atoms with van der Waals surface area (Å²) in [6.45, 7) is 0. The van der Waals surface area contributed by atoms with Crippen molar-refractivity contribution in [2.75, 3.05) is 0 Å². The SMILES string of the molecule is Fc1ccc(-c2ccc(Cl)cc2)c(Cl)c1. The van der Waals surface area contributed by atoms with Crippen LogP contribution in [0.4, 0.5) is 4.39 Å². The molecule has 0 saturated heterocycles. The monoisotopic (exact) mass is 240 g/mol. The molecule has 3 heteroatoms. The number of rotatable bonds is 1. The van der Waals surface area contributed by atoms with Crippen molar-refractivity contribution in [2.24, 2.45) is 0 Å². The van der Waals surface area contributed by atoms with Gasteiger partial charge in [-0.05, 0) is 35.9 Å². The van der Waals surface area contributed by atoms with Gasteiger partial charge in [-0.15, -0.1) is 0 Å². The third-order valence-corrected chi connectivity index (χ3v) is 2.65. The van der Waals surface area contributed by atoms with E-state index in [0.717, 1.165) is 11.1 Å². The van der Waals surface area contributed by atoms with E-state index in [-0.39, 0.29) is 5.82 Å². The Morgan fingerprint density at radius 2 is 1.53 bits per heavy atom. The summed E-state index contributed by atoms with van der Waals surface area (Å²) in [6, 6.07) is 11.6. The minimum Gasteiger partial charge on any atom is -0.207 e. The Kier molecular flexibility index (Phi) is 2.94. The maximum atomic E-state index is 12.8. The molecule has 0 amide bonds. The van der Waals surface area contributed by atoms with E-state index in [4.69, 9.17) is 23.2 Å². The molecule has 0 spiro atoms. The Balaban J connectivity index is 2.49. The van der Waals surface area contributed by atoms with Gasteiger partial charge in [0.25, 0.3) is 0 Å². The average Bonchev–Trinajstić information content (AvgIpc) is 2.20. The maximum Gasteiger partial charge on any atom is 0.124 e. The Bertz CT molecular complexity index is 477. The highest BCUT2D eigenvalue weighted by molar-refractivity contribution is 6.33. The molecule has 0 atom stereocenters. The quantitative estimate of drug-likeness (QED) is 0.672. The first-order valence-corrected chi connectivity index (χ1v) is 5.13. The summed E-state index contributed by atoms with van der Waals surface area (Å²) in [4.78, 5) is 0. The fourth-order valence-electron chi connectivity index (χ4n) is 1.35. The van der Waals surface area contributed by atoms with E-state index in [0.29, 0.717) is 10.0 Å². The zero-order valence-corrected chi connectivity index (χ0v) is 9.19. The van der Waals surface area contributed by atoms with Crippen LogP contribution in [0.1, 0.15) is 0 Å². The van der Waals surface area contributed by atoms with Gasteiger partial charge in [0.1, 0.15) is 5.82 Å². The number of hydrogen-bond donors (Lipinski definition) is 0. The van der Waals surface area contributed by atoms with E-state index in [1.54, 1.807) is 18.2 Å². The zero-order chi connectivity index (χ0) is 10.8. The van der Waals surface area contributed by atoms with E-state index in [1.165, 1.54) is 12.1 Å². The molecular weight excluding hydrogens is 234 g/mol. The standard InChI is InChI=1S/C12H7Cl2F/c13-9-3-1-8(2-4-9)11-6-5-10(15)7-12(11)14/h1-7H. The van der Waals surface area contributed by atoms with Gasteiger partial charge in [0.05, 0.1) is 5.02 Å². The van der Waals surface area contributed by atoms with E-state index >= 15 is 0 Å². The molecule has 15 heavy (non-hydrogen) atoms. The molecule has 0 aliphatic carbocycles. The number of halogens is 3. The lowest BCUT2D eigenvalue weighted by molar-refractivity contribution is 0.628. The van der Waals surface area contributed by atoms with Crippen molar-refractivity contribution in [1.82, 2.24) is 0 Å². The number of benzene rings is 2. The molecule has 0 fully saturated rings. The van der Waals surface area contributed by atoms with Crippen LogP contribution in [-0.4, -0.2) is 0 Å². The highest BCUT2D eigenvalue weighted by atomic mass is 35.5. The first kappa shape index (κ1) is 10.5. The minimum absolute atomic E-state index is 0.335. The van der Waals surface area contributed by atoms with Crippen LogP contribution in [0.3, 0.4) is 0 Å². The highest BCUT2D eigenvalue weighted by Crippen LogP contribution is 2.29. The molecule has 2 aromatic carbocycles. The van der Waals surface area contributed by atoms with Gasteiger partial charge in [-0.3, -0.25) is 0 Å². The molecule has 0 radical (unpaired) electrons. The fourth-order valence-corrected chi connectivity index (χ4v) is 1.76. The molecule has 76 valence electrons. The van der Waals surface area contributed by atoms with Crippen molar-refractivity contribution in [2.45, 2.75) is 0 Å². The van der Waals surface area contributed by atoms with Crippen molar-refractivity contribution in [3.63, 3.8) is 0 Å². The van der Waals surface area contributed by atoms with Crippen LogP contribution in [0.15, 0.2) is 42.5 Å². The van der Waals surface area contributed by atoms with Crippen molar-refractivity contribution in [1.29, 1.82) is 0 Å². The van der Waals surface area contributed by atoms with Crippen molar-refractivity contribution >= 4 is 23.2 Å². The van der Waals surface area contributed by atoms with Crippen LogP contribution >= 0.6 is 23.2 Å². The normalized spacial score (nSPS) is 10.3. The summed E-state index contributed by atoms with van der Waals surface area (Å²) < 4.78 is 12.8. The Morgan fingerprint density at radius 1 is 0.867 bits per heavy atom. The predicted octanol–water partition coefficient (Wildman–Crippen LogP) is 4.80. The second-order valence-electron chi connectivity index (χ2n) is 3.13. The smallest absolute Gasteiger partial charge is 0.124 e. The van der Waals surface area contributed by atoms with Gasteiger partial charge in [0.2, 0.25) is 0 Å². The van der Waals surface area contributed by atoms with E-state index < -0.39 is 0 Å². The van der Waals surface area contributed by atoms with E-state index in [1.807, 2.05) is 12.1 Å². The second kappa shape index (κ2) is 4.21. The van der Waals surface area contributed by atoms with Gasteiger partial charge in [0.15, 0.2) is 0 Å². The van der Waals surface area contributed by atoms with Crippen LogP contribution in [0.25, 0.3) is 11.1 Å². The predicted molar refractivity (Wildman–Crippen MR) is 61.9 cm³/mol. The van der Waals surface area contributed by atoms with E-state index in [9.17, 15) is 4.39 Å². The molecule has 0 N–H and O–H groups in total. The molecular formula is C12H7Cl2F. The van der Waals surface area contributed by atoms with Gasteiger partial charge < -0.3 is 0 Å². The Hall–Kier alpha value is -1.05. The van der Waals surface area contributed by atoms with Crippen LogP contribution in [0.2, 0.25) is 10.0 Å². The summed E-state index contributed by atoms with van der Waals surface area (Å²) in [5.74, 6) is -0.335. The van der Waals surface area contributed by atoms with Gasteiger partial charge in [-0.1, -0.05) is 35.3 Å². The molecule has 0 aliphatic rings. The number of hydrogen-bond acceptors (Lipinski definition) is 0. The topological polar surface area (TPSA) is 0 Å². The first-order chi connectivity index (χ1) is 7.16. The Morgan fingerprint density at radius 3 is 2.13 bits per heavy atom. The second-order valence-corrected chi connectivity index (χ2v) is 3.97. The third-order valence-electron chi connectivity index (χ3n) is 2.09. The van der Waals surface area contributed by atoms with Crippen LogP contribution in [0.5, 0.6) is 0 Å². The third kappa shape index (κ3) is 2.31. The first-order valence-electron chi connectivity index (χ1n) is 4.38. The van der Waals surface area contributed by atoms with Gasteiger partial charge in [-0.25, -0.2) is 4.39 Å². The van der Waals surface area contributed by atoms with Crippen LogP contribution in [-0.2, 0) is 0 Å². The van der Waals surface area contributed by atoms with Crippen LogP contribution < -0.4 is 0 Å². The maximum absolute atomic E-state index is 12.8. The molecule has 0 saturated carbocycles. The lowest BCUT2D eigenvalue weighted by Gasteiger charge is -2.04. The molecule has 0 bridgehead atoms. The Labute approximate surface area is 97.3 Å². The van der Waals surface area contributed by atoms with Crippen molar-refractivity contribution < 1.29 is 4.39 Å². The largest absolute Gasteiger partial charge is 0.207 e. The van der Waals surface area contributed by atoms with Gasteiger partial charge in [-0.2, -0.15) is 0 Å². The summed E-state index contributed by atoms with van der Waals surface area (Å²) in [7, 11) is 0. The minimum atomic E-state index is -0.335. The molecule has 0 heterocycles.